The van der Waals surface area contributed by atoms with Crippen molar-refractivity contribution < 1.29 is 32.7 Å². The van der Waals surface area contributed by atoms with Gasteiger partial charge in [0, 0.05) is 0 Å². The molecule has 0 aliphatic rings. The smallest absolute Gasteiger partial charge is 0.408 e. The molecule has 0 bridgehead atoms. The van der Waals surface area contributed by atoms with Crippen molar-refractivity contribution in [3.63, 3.8) is 0 Å². The second-order valence-corrected chi connectivity index (χ2v) is 11.1. The van der Waals surface area contributed by atoms with Crippen LogP contribution in [0.5, 0.6) is 0 Å². The first-order valence-electron chi connectivity index (χ1n) is 10.3. The molecule has 31 heavy (non-hydrogen) atoms. The number of carbonyl (C=O) groups is 3. The molecule has 0 saturated heterocycles. The zero-order valence-electron chi connectivity index (χ0n) is 19.8. The van der Waals surface area contributed by atoms with Crippen LogP contribution in [0.1, 0.15) is 54.9 Å². The zero-order valence-corrected chi connectivity index (χ0v) is 21.5. The molecule has 0 aromatic heterocycles. The molecular formula is C19H38N3O7PS. The van der Waals surface area contributed by atoms with Crippen LogP contribution in [-0.4, -0.2) is 66.6 Å². The summed E-state index contributed by atoms with van der Waals surface area (Å²) in [6.07, 6.45) is 1.53. The number of hydrogen-bond donors (Lipinski definition) is 3. The Labute approximate surface area is 189 Å². The quantitative estimate of drug-likeness (QED) is 0.341. The molecule has 0 heterocycles. The lowest BCUT2D eigenvalue weighted by atomic mass is 10.2. The van der Waals surface area contributed by atoms with Crippen molar-refractivity contribution in [2.75, 3.05) is 25.2 Å². The Hall–Kier alpha value is -1.29. The molecule has 3 atom stereocenters. The number of alkyl carbamates (subject to hydrolysis) is 1. The molecule has 0 saturated carbocycles. The van der Waals surface area contributed by atoms with Crippen molar-refractivity contribution in [1.29, 1.82) is 0 Å². The summed E-state index contributed by atoms with van der Waals surface area (Å²) in [5.74, 6) is -1.35. The number of amides is 3. The lowest BCUT2D eigenvalue weighted by Crippen LogP contribution is -2.54. The molecule has 0 fully saturated rings. The second kappa shape index (κ2) is 14.0. The van der Waals surface area contributed by atoms with E-state index < -0.39 is 49.0 Å². The standard InChI is InChI=1S/C19H38N3O7PS/c1-9-27-30(26,28-10-2)14(4)21-16(23)13(3)20-17(24)15(11-12-31-8)22-18(25)29-19(5,6)7/h13-15H,9-12H2,1-8H3,(H,20,24)(H,21,23)(H,22,25)/t13-,14?,15-/m0/s1. The Kier molecular flexibility index (Phi) is 13.4. The fourth-order valence-electron chi connectivity index (χ4n) is 2.36. The molecule has 0 rings (SSSR count). The monoisotopic (exact) mass is 483 g/mol. The maximum Gasteiger partial charge on any atom is 0.408 e. The molecule has 0 radical (unpaired) electrons. The lowest BCUT2D eigenvalue weighted by molar-refractivity contribution is -0.129. The van der Waals surface area contributed by atoms with Crippen LogP contribution in [0, 0.1) is 0 Å². The minimum Gasteiger partial charge on any atom is -0.444 e. The van der Waals surface area contributed by atoms with Gasteiger partial charge in [0.1, 0.15) is 23.5 Å². The van der Waals surface area contributed by atoms with Crippen LogP contribution < -0.4 is 16.0 Å². The van der Waals surface area contributed by atoms with E-state index in [0.29, 0.717) is 12.2 Å². The van der Waals surface area contributed by atoms with Crippen molar-refractivity contribution in [3.05, 3.63) is 0 Å². The fourth-order valence-corrected chi connectivity index (χ4v) is 4.36. The summed E-state index contributed by atoms with van der Waals surface area (Å²) in [6, 6.07) is -1.81. The third-order valence-corrected chi connectivity index (χ3v) is 6.77. The maximum absolute atomic E-state index is 12.7. The highest BCUT2D eigenvalue weighted by molar-refractivity contribution is 7.98. The molecule has 0 aliphatic heterocycles. The Bertz CT molecular complexity index is 632. The van der Waals surface area contributed by atoms with E-state index in [1.807, 2.05) is 6.26 Å². The van der Waals surface area contributed by atoms with Crippen LogP contribution in [0.2, 0.25) is 0 Å². The van der Waals surface area contributed by atoms with Crippen LogP contribution >= 0.6 is 19.4 Å². The number of hydrogen-bond acceptors (Lipinski definition) is 8. The van der Waals surface area contributed by atoms with E-state index in [1.165, 1.54) is 25.6 Å². The molecule has 1 unspecified atom stereocenters. The van der Waals surface area contributed by atoms with E-state index in [-0.39, 0.29) is 13.2 Å². The van der Waals surface area contributed by atoms with Crippen LogP contribution in [0.15, 0.2) is 0 Å². The van der Waals surface area contributed by atoms with Crippen molar-refractivity contribution in [2.45, 2.75) is 78.4 Å². The average Bonchev–Trinajstić information content (AvgIpc) is 2.63. The molecule has 0 aliphatic carbocycles. The van der Waals surface area contributed by atoms with Gasteiger partial charge in [-0.15, -0.1) is 0 Å². The predicted molar refractivity (Wildman–Crippen MR) is 122 cm³/mol. The van der Waals surface area contributed by atoms with Crippen molar-refractivity contribution in [3.8, 4) is 0 Å². The minimum absolute atomic E-state index is 0.164. The van der Waals surface area contributed by atoms with E-state index in [0.717, 1.165) is 0 Å². The van der Waals surface area contributed by atoms with Crippen molar-refractivity contribution in [1.82, 2.24) is 16.0 Å². The molecule has 3 N–H and O–H groups in total. The van der Waals surface area contributed by atoms with Gasteiger partial charge >= 0.3 is 13.7 Å². The first-order valence-corrected chi connectivity index (χ1v) is 13.3. The van der Waals surface area contributed by atoms with E-state index >= 15 is 0 Å². The Morgan fingerprint density at radius 3 is 1.97 bits per heavy atom. The Morgan fingerprint density at radius 2 is 1.52 bits per heavy atom. The van der Waals surface area contributed by atoms with Gasteiger partial charge in [-0.05, 0) is 66.9 Å². The highest BCUT2D eigenvalue weighted by Gasteiger charge is 2.34. The molecule has 0 aromatic rings. The van der Waals surface area contributed by atoms with Gasteiger partial charge in [0.2, 0.25) is 11.8 Å². The van der Waals surface area contributed by atoms with Gasteiger partial charge in [0.25, 0.3) is 0 Å². The molecule has 10 nitrogen and oxygen atoms in total. The fraction of sp³-hybridized carbons (Fsp3) is 0.842. The zero-order chi connectivity index (χ0) is 24.2. The molecule has 0 aromatic carbocycles. The average molecular weight is 484 g/mol. The van der Waals surface area contributed by atoms with Gasteiger partial charge in [-0.1, -0.05) is 0 Å². The number of ether oxygens (including phenoxy) is 1. The van der Waals surface area contributed by atoms with Gasteiger partial charge in [0.15, 0.2) is 0 Å². The van der Waals surface area contributed by atoms with Crippen LogP contribution in [0.4, 0.5) is 4.79 Å². The summed E-state index contributed by atoms with van der Waals surface area (Å²) in [5.41, 5.74) is -0.705. The van der Waals surface area contributed by atoms with Crippen LogP contribution in [-0.2, 0) is 27.9 Å². The molecule has 0 spiro atoms. The summed E-state index contributed by atoms with van der Waals surface area (Å²) in [7, 11) is -3.53. The first kappa shape index (κ1) is 29.7. The highest BCUT2D eigenvalue weighted by Crippen LogP contribution is 2.51. The first-order chi connectivity index (χ1) is 14.3. The Balaban J connectivity index is 5.06. The second-order valence-electron chi connectivity index (χ2n) is 7.77. The third kappa shape index (κ3) is 11.8. The minimum atomic E-state index is -3.53. The van der Waals surface area contributed by atoms with Gasteiger partial charge in [-0.3, -0.25) is 14.2 Å². The molecule has 182 valence electrons. The van der Waals surface area contributed by atoms with Crippen LogP contribution in [0.3, 0.4) is 0 Å². The highest BCUT2D eigenvalue weighted by atomic mass is 32.2. The lowest BCUT2D eigenvalue weighted by Gasteiger charge is -2.26. The van der Waals surface area contributed by atoms with Crippen molar-refractivity contribution >= 4 is 37.3 Å². The third-order valence-electron chi connectivity index (χ3n) is 3.81. The number of carbonyl (C=O) groups excluding carboxylic acids is 3. The van der Waals surface area contributed by atoms with Gasteiger partial charge in [-0.25, -0.2) is 4.79 Å². The molecular weight excluding hydrogens is 445 g/mol. The van der Waals surface area contributed by atoms with E-state index in [4.69, 9.17) is 13.8 Å². The summed E-state index contributed by atoms with van der Waals surface area (Å²) in [6.45, 7) is 11.9. The number of nitrogens with one attached hydrogen (secondary N) is 3. The molecule has 12 heteroatoms. The summed E-state index contributed by atoms with van der Waals surface area (Å²) < 4.78 is 28.4. The van der Waals surface area contributed by atoms with Gasteiger partial charge < -0.3 is 29.7 Å². The number of rotatable bonds is 13. The molecule has 3 amide bonds. The van der Waals surface area contributed by atoms with Gasteiger partial charge in [0.05, 0.1) is 13.2 Å². The van der Waals surface area contributed by atoms with E-state index in [2.05, 4.69) is 16.0 Å². The largest absolute Gasteiger partial charge is 0.444 e. The number of thioether (sulfide) groups is 1. The summed E-state index contributed by atoms with van der Waals surface area (Å²) in [5, 5.41) is 7.69. The summed E-state index contributed by atoms with van der Waals surface area (Å²) in [4.78, 5) is 37.3. The van der Waals surface area contributed by atoms with Crippen LogP contribution in [0.25, 0.3) is 0 Å². The maximum atomic E-state index is 12.7. The summed E-state index contributed by atoms with van der Waals surface area (Å²) >= 11 is 1.52. The predicted octanol–water partition coefficient (Wildman–Crippen LogP) is 2.87. The normalized spacial score (nSPS) is 14.8. The topological polar surface area (TPSA) is 132 Å². The van der Waals surface area contributed by atoms with E-state index in [9.17, 15) is 18.9 Å². The Morgan fingerprint density at radius 1 is 0.968 bits per heavy atom. The SMILES string of the molecule is CCOP(=O)(OCC)C(C)NC(=O)[C@H](C)NC(=O)[C@H](CCSC)NC(=O)OC(C)(C)C. The van der Waals surface area contributed by atoms with E-state index in [1.54, 1.807) is 34.6 Å². The van der Waals surface area contributed by atoms with Crippen molar-refractivity contribution in [2.24, 2.45) is 0 Å². The van der Waals surface area contributed by atoms with Gasteiger partial charge in [-0.2, -0.15) is 11.8 Å².